The number of hydrogen-bond donors (Lipinski definition) is 0. The molecule has 0 saturated carbocycles. The molecule has 0 aliphatic rings. The molecule has 7 aromatic carbocycles. The van der Waals surface area contributed by atoms with E-state index in [2.05, 4.69) is 227 Å². The molecule has 10 aromatic rings. The molecule has 68 heavy (non-hydrogen) atoms. The summed E-state index contributed by atoms with van der Waals surface area (Å²) in [6.07, 6.45) is 3.98. The lowest BCUT2D eigenvalue weighted by atomic mass is 9.86. The number of imidazole rings is 1. The molecule has 0 aliphatic carbocycles. The fourth-order valence-corrected chi connectivity index (χ4v) is 9.44. The van der Waals surface area contributed by atoms with Crippen LogP contribution in [0.3, 0.4) is 0 Å². The molecule has 3 heterocycles. The fraction of sp³-hybridized carbons (Fsp3) is 0.197. The van der Waals surface area contributed by atoms with Crippen LogP contribution in [0.25, 0.3) is 27.6 Å². The number of nitrogens with zero attached hydrogens (tertiary/aromatic N) is 5. The van der Waals surface area contributed by atoms with Gasteiger partial charge in [-0.05, 0) is 124 Å². The van der Waals surface area contributed by atoms with Crippen molar-refractivity contribution in [2.24, 2.45) is 0 Å². The Morgan fingerprint density at radius 3 is 1.59 bits per heavy atom. The molecule has 0 atom stereocenters. The van der Waals surface area contributed by atoms with Crippen LogP contribution in [0, 0.1) is 0 Å². The monoisotopic (exact) mass is 911 g/mol. The molecule has 0 N–H and O–H groups in total. The minimum atomic E-state index is -0.274. The van der Waals surface area contributed by atoms with Gasteiger partial charge in [-0.25, -0.2) is 4.98 Å². The molecule has 0 fully saturated rings. The van der Waals surface area contributed by atoms with E-state index in [1.165, 1.54) is 11.1 Å². The number of furan rings is 1. The second-order valence-electron chi connectivity index (χ2n) is 20.8. The molecule has 0 radical (unpaired) electrons. The van der Waals surface area contributed by atoms with Crippen LogP contribution < -0.4 is 14.7 Å². The zero-order chi connectivity index (χ0) is 47.5. The number of benzene rings is 7. The van der Waals surface area contributed by atoms with E-state index in [0.717, 1.165) is 84.5 Å². The van der Waals surface area contributed by atoms with E-state index in [4.69, 9.17) is 21.0 Å². The Labute approximate surface area is 405 Å². The molecule has 0 aliphatic heterocycles. The summed E-state index contributed by atoms with van der Waals surface area (Å²) in [5.74, 6) is 0.865. The minimum Gasteiger partial charge on any atom is -0.454 e. The maximum Gasteiger partial charge on any atom is 0.159 e. The second-order valence-corrected chi connectivity index (χ2v) is 21.2. The highest BCUT2D eigenvalue weighted by Crippen LogP contribution is 2.51. The maximum atomic E-state index is 8.11. The van der Waals surface area contributed by atoms with Gasteiger partial charge in [-0.1, -0.05) is 159 Å². The Bertz CT molecular complexity index is 3360. The van der Waals surface area contributed by atoms with Gasteiger partial charge in [-0.3, -0.25) is 9.30 Å². The van der Waals surface area contributed by atoms with E-state index in [0.29, 0.717) is 5.02 Å². The van der Waals surface area contributed by atoms with Crippen molar-refractivity contribution in [2.45, 2.75) is 78.6 Å². The summed E-state index contributed by atoms with van der Waals surface area (Å²) in [6, 6.07) is 62.4. The highest BCUT2D eigenvalue weighted by atomic mass is 35.5. The molecule has 340 valence electrons. The van der Waals surface area contributed by atoms with Gasteiger partial charge in [0.2, 0.25) is 0 Å². The van der Waals surface area contributed by atoms with Crippen LogP contribution in [0.2, 0.25) is 5.02 Å². The predicted octanol–water partition coefficient (Wildman–Crippen LogP) is 18.2. The van der Waals surface area contributed by atoms with Crippen molar-refractivity contribution in [3.05, 3.63) is 210 Å². The van der Waals surface area contributed by atoms with Crippen molar-refractivity contribution in [1.29, 1.82) is 0 Å². The van der Waals surface area contributed by atoms with Gasteiger partial charge in [-0.2, -0.15) is 0 Å². The average Bonchev–Trinajstić information content (AvgIpc) is 3.93. The largest absolute Gasteiger partial charge is 0.454 e. The molecule has 3 aromatic heterocycles. The van der Waals surface area contributed by atoms with Crippen LogP contribution in [0.1, 0.15) is 79.0 Å². The van der Waals surface area contributed by atoms with Gasteiger partial charge in [0.1, 0.15) is 17.0 Å². The van der Waals surface area contributed by atoms with Gasteiger partial charge < -0.3 is 14.2 Å². The highest BCUT2D eigenvalue weighted by Gasteiger charge is 2.30. The maximum absolute atomic E-state index is 8.11. The number of anilines is 9. The summed E-state index contributed by atoms with van der Waals surface area (Å²) in [6.45, 7) is 20.3. The molecule has 0 saturated heterocycles. The molecule has 6 nitrogen and oxygen atoms in total. The van der Waals surface area contributed by atoms with Crippen molar-refractivity contribution >= 4 is 90.5 Å². The lowest BCUT2D eigenvalue weighted by Gasteiger charge is -2.34. The number of para-hydroxylation sites is 3. The first-order chi connectivity index (χ1) is 32.5. The third-order valence-electron chi connectivity index (χ3n) is 13.0. The zero-order valence-electron chi connectivity index (χ0n) is 40.4. The molecule has 10 rings (SSSR count). The summed E-state index contributed by atoms with van der Waals surface area (Å²) in [5.41, 5.74) is 13.3. The first-order valence-electron chi connectivity index (χ1n) is 23.5. The molecule has 7 heteroatoms. The number of aromatic nitrogens is 2. The quantitative estimate of drug-likeness (QED) is 0.144. The topological polar surface area (TPSA) is 40.2 Å². The Kier molecular flexibility index (Phi) is 11.2. The number of fused-ring (bicyclic) bond motifs is 4. The van der Waals surface area contributed by atoms with Gasteiger partial charge in [0, 0.05) is 45.4 Å². The van der Waals surface area contributed by atoms with Crippen molar-refractivity contribution in [3.63, 3.8) is 0 Å². The zero-order valence-corrected chi connectivity index (χ0v) is 41.2. The van der Waals surface area contributed by atoms with Crippen LogP contribution in [-0.2, 0) is 16.2 Å². The minimum absolute atomic E-state index is 0.0107. The summed E-state index contributed by atoms with van der Waals surface area (Å²) in [4.78, 5) is 11.7. The first kappa shape index (κ1) is 44.6. The van der Waals surface area contributed by atoms with E-state index < -0.39 is 0 Å². The van der Waals surface area contributed by atoms with Crippen molar-refractivity contribution in [2.75, 3.05) is 14.7 Å². The first-order valence-corrected chi connectivity index (χ1v) is 23.9. The summed E-state index contributed by atoms with van der Waals surface area (Å²) >= 11 is 8.11. The number of hydrogen-bond acceptors (Lipinski definition) is 5. The van der Waals surface area contributed by atoms with Crippen LogP contribution in [0.5, 0.6) is 0 Å². The van der Waals surface area contributed by atoms with E-state index in [1.54, 1.807) is 0 Å². The van der Waals surface area contributed by atoms with Crippen molar-refractivity contribution in [1.82, 2.24) is 9.38 Å². The SMILES string of the molecule is CC(C)(C)c1ccc(N(c2ccc(C(C)(C)C)cc2)c2cccc(N(c3cc(C(C)(C)C)cc(N(c4ccccc4)c4cnc5ccccn45)c3Cl)c3cccc4c3oc3ccccc34)c2)cc1. The standard InChI is InChI=1S/C61H58ClN5O/c1-59(2,3)41-28-32-45(33-29-41)65(46-34-30-42(31-35-46)60(4,5)6)47-21-17-22-48(39-47)66(51-25-18-24-50-49-23-13-14-26-54(49)68-58(50)51)52-37-43(61(7,8)9)38-53(57(52)62)67(44-19-11-10-12-20-44)56-40-63-55-27-15-16-36-64(55)56/h10-40H,1-9H3. The smallest absolute Gasteiger partial charge is 0.159 e. The Morgan fingerprint density at radius 1 is 0.441 bits per heavy atom. The number of rotatable bonds is 9. The summed E-state index contributed by atoms with van der Waals surface area (Å²) in [5, 5.41) is 2.65. The predicted molar refractivity (Wildman–Crippen MR) is 288 cm³/mol. The fourth-order valence-electron chi connectivity index (χ4n) is 9.16. The number of pyridine rings is 1. The van der Waals surface area contributed by atoms with Gasteiger partial charge in [0.05, 0.1) is 28.3 Å². The van der Waals surface area contributed by atoms with E-state index >= 15 is 0 Å². The van der Waals surface area contributed by atoms with Crippen LogP contribution >= 0.6 is 11.6 Å². The highest BCUT2D eigenvalue weighted by molar-refractivity contribution is 6.37. The van der Waals surface area contributed by atoms with Gasteiger partial charge >= 0.3 is 0 Å². The van der Waals surface area contributed by atoms with Crippen LogP contribution in [0.15, 0.2) is 193 Å². The molecular formula is C61H58ClN5O. The van der Waals surface area contributed by atoms with Crippen LogP contribution in [-0.4, -0.2) is 9.38 Å². The van der Waals surface area contributed by atoms with Gasteiger partial charge in [0.25, 0.3) is 0 Å². The van der Waals surface area contributed by atoms with Crippen molar-refractivity contribution < 1.29 is 4.42 Å². The molecular weight excluding hydrogens is 854 g/mol. The second kappa shape index (κ2) is 17.1. The Morgan fingerprint density at radius 2 is 0.956 bits per heavy atom. The lowest BCUT2D eigenvalue weighted by molar-refractivity contribution is 0.590. The van der Waals surface area contributed by atoms with Gasteiger partial charge in [0.15, 0.2) is 5.58 Å². The molecule has 0 unspecified atom stereocenters. The van der Waals surface area contributed by atoms with E-state index in [-0.39, 0.29) is 16.2 Å². The molecule has 0 amide bonds. The molecule has 0 spiro atoms. The Hall–Kier alpha value is -7.28. The van der Waals surface area contributed by atoms with Crippen LogP contribution in [0.4, 0.5) is 51.3 Å². The average molecular weight is 913 g/mol. The lowest BCUT2D eigenvalue weighted by Crippen LogP contribution is -2.19. The van der Waals surface area contributed by atoms with Crippen molar-refractivity contribution in [3.8, 4) is 0 Å². The summed E-state index contributed by atoms with van der Waals surface area (Å²) < 4.78 is 8.99. The number of halogens is 1. The third-order valence-corrected chi connectivity index (χ3v) is 13.4. The molecule has 0 bridgehead atoms. The summed E-state index contributed by atoms with van der Waals surface area (Å²) in [7, 11) is 0. The van der Waals surface area contributed by atoms with Gasteiger partial charge in [-0.15, -0.1) is 0 Å². The third kappa shape index (κ3) is 8.28. The van der Waals surface area contributed by atoms with E-state index in [9.17, 15) is 0 Å². The van der Waals surface area contributed by atoms with E-state index in [1.807, 2.05) is 42.6 Å². The normalized spacial score (nSPS) is 12.3. The Balaban J connectivity index is 1.25.